The van der Waals surface area contributed by atoms with E-state index in [1.165, 1.54) is 32.2 Å². The second-order valence-electron chi connectivity index (χ2n) is 9.74. The Morgan fingerprint density at radius 2 is 0.805 bits per heavy atom. The van der Waals surface area contributed by atoms with Gasteiger partial charge in [0.25, 0.3) is 0 Å². The molecule has 0 radical (unpaired) electrons. The fourth-order valence-corrected chi connectivity index (χ4v) is 10.1. The van der Waals surface area contributed by atoms with Gasteiger partial charge in [-0.05, 0) is 47.3 Å². The number of fused-ring (bicyclic) bond motifs is 1. The van der Waals surface area contributed by atoms with Crippen LogP contribution in [0.5, 0.6) is 0 Å². The van der Waals surface area contributed by atoms with E-state index in [9.17, 15) is 0 Å². The van der Waals surface area contributed by atoms with Gasteiger partial charge < -0.3 is 0 Å². The van der Waals surface area contributed by atoms with Crippen molar-refractivity contribution in [2.75, 3.05) is 0 Å². The van der Waals surface area contributed by atoms with Crippen LogP contribution >= 0.6 is 15.8 Å². The van der Waals surface area contributed by atoms with Crippen molar-refractivity contribution < 1.29 is 0 Å². The summed E-state index contributed by atoms with van der Waals surface area (Å²) < 4.78 is 2.44. The highest BCUT2D eigenvalue weighted by Gasteiger charge is 2.27. The first-order chi connectivity index (χ1) is 20.4. The standard InChI is InChI=1S/C37H28N2P2/c1-5-17-29(18-6-1)40(30-19-7-2-8-20-30)36-28-16-15-27-35(36)39-34-26-14-13-25-33(34)38-37(39)41(31-21-9-3-10-22-31)32-23-11-4-12-24-32/h1-28H. The van der Waals surface area contributed by atoms with Crippen molar-refractivity contribution in [1.82, 2.24) is 9.55 Å². The molecule has 0 amide bonds. The van der Waals surface area contributed by atoms with Gasteiger partial charge in [-0.2, -0.15) is 0 Å². The van der Waals surface area contributed by atoms with Crippen LogP contribution in [0, 0.1) is 0 Å². The van der Waals surface area contributed by atoms with Gasteiger partial charge >= 0.3 is 0 Å². The maximum atomic E-state index is 5.39. The minimum atomic E-state index is -0.918. The minimum absolute atomic E-state index is 0.808. The number of benzene rings is 6. The fraction of sp³-hybridized carbons (Fsp3) is 0. The average molecular weight is 563 g/mol. The van der Waals surface area contributed by atoms with E-state index in [1.54, 1.807) is 0 Å². The third kappa shape index (κ3) is 5.02. The van der Waals surface area contributed by atoms with E-state index in [-0.39, 0.29) is 0 Å². The molecule has 0 atom stereocenters. The van der Waals surface area contributed by atoms with Crippen LogP contribution < -0.4 is 32.1 Å². The van der Waals surface area contributed by atoms with Crippen molar-refractivity contribution in [3.63, 3.8) is 0 Å². The number of rotatable bonds is 7. The molecule has 0 aliphatic heterocycles. The fourth-order valence-electron chi connectivity index (χ4n) is 5.36. The molecule has 41 heavy (non-hydrogen) atoms. The molecule has 0 spiro atoms. The molecular weight excluding hydrogens is 534 g/mol. The predicted molar refractivity (Wildman–Crippen MR) is 178 cm³/mol. The second-order valence-corrected chi connectivity index (χ2v) is 14.0. The summed E-state index contributed by atoms with van der Waals surface area (Å²) in [7, 11) is -1.73. The van der Waals surface area contributed by atoms with Crippen molar-refractivity contribution >= 4 is 59.0 Å². The topological polar surface area (TPSA) is 17.8 Å². The molecule has 0 unspecified atom stereocenters. The van der Waals surface area contributed by atoms with E-state index < -0.39 is 15.8 Å². The molecule has 0 aliphatic rings. The molecule has 7 rings (SSSR count). The highest BCUT2D eigenvalue weighted by Crippen LogP contribution is 2.38. The molecule has 1 heterocycles. The van der Waals surface area contributed by atoms with Crippen LogP contribution in [-0.4, -0.2) is 9.55 Å². The smallest absolute Gasteiger partial charge is 0.146 e. The molecule has 0 saturated heterocycles. The molecule has 6 aromatic carbocycles. The normalized spacial score (nSPS) is 11.4. The van der Waals surface area contributed by atoms with Gasteiger partial charge in [0.15, 0.2) is 0 Å². The number of hydrogen-bond acceptors (Lipinski definition) is 1. The molecule has 4 heteroatoms. The van der Waals surface area contributed by atoms with E-state index in [0.717, 1.165) is 16.6 Å². The highest BCUT2D eigenvalue weighted by molar-refractivity contribution is 7.80. The van der Waals surface area contributed by atoms with Gasteiger partial charge in [0.2, 0.25) is 0 Å². The lowest BCUT2D eigenvalue weighted by Gasteiger charge is -2.25. The zero-order valence-corrected chi connectivity index (χ0v) is 24.2. The van der Waals surface area contributed by atoms with Crippen molar-refractivity contribution in [2.24, 2.45) is 0 Å². The summed E-state index contributed by atoms with van der Waals surface area (Å²) in [5.41, 5.74) is 4.42. The van der Waals surface area contributed by atoms with Crippen LogP contribution in [-0.2, 0) is 0 Å². The van der Waals surface area contributed by atoms with Gasteiger partial charge in [0.05, 0.1) is 16.7 Å². The summed E-state index contributed by atoms with van der Waals surface area (Å²) in [6.07, 6.45) is 0. The van der Waals surface area contributed by atoms with E-state index in [1.807, 2.05) is 0 Å². The van der Waals surface area contributed by atoms with Crippen molar-refractivity contribution in [3.8, 4) is 5.69 Å². The van der Waals surface area contributed by atoms with Crippen LogP contribution in [0.1, 0.15) is 0 Å². The van der Waals surface area contributed by atoms with Gasteiger partial charge in [0, 0.05) is 13.2 Å². The van der Waals surface area contributed by atoms with E-state index >= 15 is 0 Å². The first-order valence-electron chi connectivity index (χ1n) is 13.8. The molecule has 196 valence electrons. The molecule has 1 aromatic heterocycles. The van der Waals surface area contributed by atoms with Crippen molar-refractivity contribution in [1.29, 1.82) is 0 Å². The lowest BCUT2D eigenvalue weighted by atomic mass is 10.3. The van der Waals surface area contributed by atoms with Gasteiger partial charge in [-0.15, -0.1) is 0 Å². The maximum absolute atomic E-state index is 5.39. The third-order valence-corrected chi connectivity index (χ3v) is 12.0. The van der Waals surface area contributed by atoms with Crippen molar-refractivity contribution in [3.05, 3.63) is 170 Å². The molecule has 0 saturated carbocycles. The van der Waals surface area contributed by atoms with Gasteiger partial charge in [-0.25, -0.2) is 4.98 Å². The monoisotopic (exact) mass is 562 g/mol. The van der Waals surface area contributed by atoms with Gasteiger partial charge in [-0.3, -0.25) is 4.57 Å². The summed E-state index contributed by atoms with van der Waals surface area (Å²) in [6, 6.07) is 61.1. The number of hydrogen-bond donors (Lipinski definition) is 0. The van der Waals surface area contributed by atoms with Gasteiger partial charge in [-0.1, -0.05) is 152 Å². The second kappa shape index (κ2) is 11.6. The van der Waals surface area contributed by atoms with Crippen LogP contribution in [0.2, 0.25) is 0 Å². The largest absolute Gasteiger partial charge is 0.291 e. The number of aromatic nitrogens is 2. The van der Waals surface area contributed by atoms with Gasteiger partial charge in [0.1, 0.15) is 5.57 Å². The number of imidazole rings is 1. The lowest BCUT2D eigenvalue weighted by molar-refractivity contribution is 1.16. The Labute approximate surface area is 243 Å². The van der Waals surface area contributed by atoms with Crippen LogP contribution in [0.25, 0.3) is 16.7 Å². The summed E-state index contributed by atoms with van der Waals surface area (Å²) in [6.45, 7) is 0. The molecule has 0 aliphatic carbocycles. The zero-order chi connectivity index (χ0) is 27.4. The number of nitrogens with zero attached hydrogens (tertiary/aromatic N) is 2. The first kappa shape index (κ1) is 25.6. The summed E-state index contributed by atoms with van der Waals surface area (Å²) in [4.78, 5) is 5.39. The molecule has 0 fully saturated rings. The third-order valence-electron chi connectivity index (χ3n) is 7.16. The average Bonchev–Trinajstić information content (AvgIpc) is 3.42. The molecule has 2 nitrogen and oxygen atoms in total. The van der Waals surface area contributed by atoms with E-state index in [0.29, 0.717) is 0 Å². The Kier molecular flexibility index (Phi) is 7.27. The van der Waals surface area contributed by atoms with Crippen molar-refractivity contribution in [2.45, 2.75) is 0 Å². The van der Waals surface area contributed by atoms with Crippen LogP contribution in [0.15, 0.2) is 170 Å². The minimum Gasteiger partial charge on any atom is -0.291 e. The molecule has 7 aromatic rings. The Hall–Kier alpha value is -4.35. The zero-order valence-electron chi connectivity index (χ0n) is 22.5. The summed E-state index contributed by atoms with van der Waals surface area (Å²) in [5, 5.41) is 6.56. The lowest BCUT2D eigenvalue weighted by Crippen LogP contribution is -2.30. The highest BCUT2D eigenvalue weighted by atomic mass is 31.1. The molecule has 0 bridgehead atoms. The molecular formula is C37H28N2P2. The van der Waals surface area contributed by atoms with Crippen LogP contribution in [0.4, 0.5) is 0 Å². The maximum Gasteiger partial charge on any atom is 0.146 e. The summed E-state index contributed by atoms with van der Waals surface area (Å²) >= 11 is 0. The SMILES string of the molecule is c1ccc(P(c2ccccc2)c2ccccc2-n2c(P(c3ccccc3)c3ccccc3)nc3ccccc32)cc1. The predicted octanol–water partition coefficient (Wildman–Crippen LogP) is 6.54. The Morgan fingerprint density at radius 3 is 1.34 bits per heavy atom. The number of para-hydroxylation sites is 3. The Bertz CT molecular complexity index is 1810. The quantitative estimate of drug-likeness (QED) is 0.202. The van der Waals surface area contributed by atoms with Crippen LogP contribution in [0.3, 0.4) is 0 Å². The van der Waals surface area contributed by atoms with E-state index in [4.69, 9.17) is 4.98 Å². The first-order valence-corrected chi connectivity index (χ1v) is 16.4. The Morgan fingerprint density at radius 1 is 0.390 bits per heavy atom. The summed E-state index contributed by atoms with van der Waals surface area (Å²) in [5.74, 6) is 0. The molecule has 0 N–H and O–H groups in total. The Balaban J connectivity index is 1.53. The van der Waals surface area contributed by atoms with E-state index in [2.05, 4.69) is 174 Å².